The minimum atomic E-state index is -0.530. The molecule has 0 aromatic carbocycles. The molecule has 2 aliphatic heterocycles. The van der Waals surface area contributed by atoms with Crippen LogP contribution in [0.2, 0.25) is 0 Å². The van der Waals surface area contributed by atoms with Crippen LogP contribution in [0.3, 0.4) is 0 Å². The highest BCUT2D eigenvalue weighted by Gasteiger charge is 2.38. The largest absolute Gasteiger partial charge is 0.391 e. The lowest BCUT2D eigenvalue weighted by atomic mass is 9.94. The van der Waals surface area contributed by atoms with Crippen molar-refractivity contribution in [2.45, 2.75) is 76.0 Å². The van der Waals surface area contributed by atoms with Crippen LogP contribution in [0.5, 0.6) is 0 Å². The second-order valence-electron chi connectivity index (χ2n) is 7.94. The number of hydrogen-bond donors (Lipinski definition) is 2. The lowest BCUT2D eigenvalue weighted by molar-refractivity contribution is -0.136. The van der Waals surface area contributed by atoms with Crippen molar-refractivity contribution in [1.82, 2.24) is 19.7 Å². The minimum absolute atomic E-state index is 0. The molecule has 8 heteroatoms. The summed E-state index contributed by atoms with van der Waals surface area (Å²) in [4.78, 5) is 14.7. The zero-order valence-corrected chi connectivity index (χ0v) is 16.0. The van der Waals surface area contributed by atoms with E-state index in [1.54, 1.807) is 0 Å². The molecule has 0 spiro atoms. The number of aliphatic hydroxyl groups is 1. The second-order valence-corrected chi connectivity index (χ2v) is 7.94. The molecule has 3 atom stereocenters. The number of aryl methyl sites for hydroxylation is 1. The third-order valence-electron chi connectivity index (χ3n) is 6.24. The first-order valence-electron chi connectivity index (χ1n) is 9.78. The molecule has 1 saturated heterocycles. The molecule has 3 aliphatic rings. The van der Waals surface area contributed by atoms with Gasteiger partial charge in [-0.05, 0) is 38.5 Å². The van der Waals surface area contributed by atoms with Gasteiger partial charge in [0.2, 0.25) is 5.91 Å². The van der Waals surface area contributed by atoms with E-state index in [9.17, 15) is 9.90 Å². The predicted molar refractivity (Wildman–Crippen MR) is 100 cm³/mol. The van der Waals surface area contributed by atoms with Crippen molar-refractivity contribution in [3.63, 3.8) is 0 Å². The predicted octanol–water partition coefficient (Wildman–Crippen LogP) is 1.23. The first kappa shape index (κ1) is 19.6. The second kappa shape index (κ2) is 8.23. The van der Waals surface area contributed by atoms with Crippen LogP contribution in [0, 0.1) is 5.92 Å². The van der Waals surface area contributed by atoms with Crippen molar-refractivity contribution in [1.29, 1.82) is 0 Å². The molecule has 2 fully saturated rings. The smallest absolute Gasteiger partial charge is 0.225 e. The molecule has 0 radical (unpaired) electrons. The highest BCUT2D eigenvalue weighted by molar-refractivity contribution is 5.85. The van der Waals surface area contributed by atoms with E-state index >= 15 is 0 Å². The Kier molecular flexibility index (Phi) is 6.20. The fourth-order valence-corrected chi connectivity index (χ4v) is 4.68. The molecule has 3 heterocycles. The highest BCUT2D eigenvalue weighted by atomic mass is 35.5. The van der Waals surface area contributed by atoms with Gasteiger partial charge < -0.3 is 20.3 Å². The number of hydrogen-bond acceptors (Lipinski definition) is 5. The van der Waals surface area contributed by atoms with Gasteiger partial charge in [0.1, 0.15) is 11.6 Å². The number of rotatable bonds is 2. The van der Waals surface area contributed by atoms with Gasteiger partial charge in [-0.1, -0.05) is 6.42 Å². The zero-order chi connectivity index (χ0) is 17.4. The third-order valence-corrected chi connectivity index (χ3v) is 6.24. The minimum Gasteiger partial charge on any atom is -0.391 e. The van der Waals surface area contributed by atoms with E-state index in [-0.39, 0.29) is 30.3 Å². The van der Waals surface area contributed by atoms with Crippen molar-refractivity contribution in [2.24, 2.45) is 11.7 Å². The first-order chi connectivity index (χ1) is 12.1. The van der Waals surface area contributed by atoms with Crippen LogP contribution in [0.25, 0.3) is 0 Å². The monoisotopic (exact) mass is 383 g/mol. The van der Waals surface area contributed by atoms with Crippen molar-refractivity contribution >= 4 is 18.3 Å². The Labute approximate surface area is 160 Å². The molecule has 26 heavy (non-hydrogen) atoms. The van der Waals surface area contributed by atoms with Gasteiger partial charge in [0.05, 0.1) is 6.10 Å². The standard InChI is InChI=1S/C18H29N5O2.ClH/c19-14-10-13(11-15(14)24)18(25)22-8-5-12(6-9-22)17-21-20-16-4-2-1-3-7-23(16)17;/h12-15,24H,1-11,19H2;1H/t13-,14+,15+;/m0./s1. The van der Waals surface area contributed by atoms with Crippen molar-refractivity contribution in [3.05, 3.63) is 11.6 Å². The van der Waals surface area contributed by atoms with Gasteiger partial charge in [0.25, 0.3) is 0 Å². The summed E-state index contributed by atoms with van der Waals surface area (Å²) >= 11 is 0. The quantitative estimate of drug-likeness (QED) is 0.800. The van der Waals surface area contributed by atoms with Gasteiger partial charge in [-0.3, -0.25) is 4.79 Å². The van der Waals surface area contributed by atoms with Gasteiger partial charge in [0.15, 0.2) is 0 Å². The number of likely N-dealkylation sites (tertiary alicyclic amines) is 1. The Morgan fingerprint density at radius 3 is 2.54 bits per heavy atom. The molecule has 1 aromatic heterocycles. The van der Waals surface area contributed by atoms with Gasteiger partial charge in [0, 0.05) is 43.9 Å². The molecule has 1 aromatic rings. The summed E-state index contributed by atoms with van der Waals surface area (Å²) in [5.74, 6) is 2.73. The van der Waals surface area contributed by atoms with E-state index in [2.05, 4.69) is 14.8 Å². The Bertz CT molecular complexity index is 619. The highest BCUT2D eigenvalue weighted by Crippen LogP contribution is 2.32. The number of piperidine rings is 1. The molecular weight excluding hydrogens is 354 g/mol. The number of carbonyl (C=O) groups is 1. The van der Waals surface area contributed by atoms with Crippen LogP contribution in [0.4, 0.5) is 0 Å². The first-order valence-corrected chi connectivity index (χ1v) is 9.78. The molecule has 1 aliphatic carbocycles. The summed E-state index contributed by atoms with van der Waals surface area (Å²) in [5.41, 5.74) is 5.86. The average Bonchev–Trinajstić information content (AvgIpc) is 3.09. The topological polar surface area (TPSA) is 97.3 Å². The lowest BCUT2D eigenvalue weighted by Gasteiger charge is -2.33. The molecule has 0 unspecified atom stereocenters. The maximum absolute atomic E-state index is 12.7. The summed E-state index contributed by atoms with van der Waals surface area (Å²) in [5, 5.41) is 18.7. The Morgan fingerprint density at radius 1 is 1.08 bits per heavy atom. The number of nitrogens with two attached hydrogens (primary N) is 1. The molecule has 1 amide bonds. The maximum atomic E-state index is 12.7. The third kappa shape index (κ3) is 3.75. The normalized spacial score (nSPS) is 29.8. The summed E-state index contributed by atoms with van der Waals surface area (Å²) in [7, 11) is 0. The lowest BCUT2D eigenvalue weighted by Crippen LogP contribution is -2.41. The van der Waals surface area contributed by atoms with E-state index in [1.165, 1.54) is 19.3 Å². The van der Waals surface area contributed by atoms with Crippen molar-refractivity contribution in [3.8, 4) is 0 Å². The fourth-order valence-electron chi connectivity index (χ4n) is 4.68. The van der Waals surface area contributed by atoms with Crippen molar-refractivity contribution in [2.75, 3.05) is 13.1 Å². The van der Waals surface area contributed by atoms with Gasteiger partial charge >= 0.3 is 0 Å². The summed E-state index contributed by atoms with van der Waals surface area (Å²) in [6.07, 6.45) is 7.21. The summed E-state index contributed by atoms with van der Waals surface area (Å²) in [6.45, 7) is 2.58. The molecule has 0 bridgehead atoms. The van der Waals surface area contributed by atoms with Crippen LogP contribution in [-0.2, 0) is 17.8 Å². The maximum Gasteiger partial charge on any atom is 0.225 e. The average molecular weight is 384 g/mol. The Morgan fingerprint density at radius 2 is 1.85 bits per heavy atom. The number of fused-ring (bicyclic) bond motifs is 1. The van der Waals surface area contributed by atoms with E-state index in [0.717, 1.165) is 50.5 Å². The molecular formula is C18H30ClN5O2. The summed E-state index contributed by atoms with van der Waals surface area (Å²) in [6, 6.07) is -0.252. The van der Waals surface area contributed by atoms with Crippen molar-refractivity contribution < 1.29 is 9.90 Å². The number of amides is 1. The van der Waals surface area contributed by atoms with Gasteiger partial charge in [-0.2, -0.15) is 0 Å². The number of carbonyl (C=O) groups excluding carboxylic acids is 1. The van der Waals surface area contributed by atoms with Crippen LogP contribution in [0.1, 0.15) is 62.5 Å². The van der Waals surface area contributed by atoms with E-state index < -0.39 is 6.10 Å². The number of aliphatic hydroxyl groups excluding tert-OH is 1. The van der Waals surface area contributed by atoms with E-state index in [0.29, 0.717) is 18.8 Å². The fraction of sp³-hybridized carbons (Fsp3) is 0.833. The van der Waals surface area contributed by atoms with Crippen LogP contribution in [0.15, 0.2) is 0 Å². The molecule has 1 saturated carbocycles. The SMILES string of the molecule is Cl.N[C@@H]1C[C@H](C(=O)N2CCC(c3nnc4n3CCCCC4)CC2)C[C@H]1O. The molecule has 3 N–H and O–H groups in total. The molecule has 7 nitrogen and oxygen atoms in total. The Balaban J connectivity index is 0.00000196. The van der Waals surface area contributed by atoms with Crippen LogP contribution in [-0.4, -0.2) is 55.9 Å². The Hall–Kier alpha value is -1.18. The zero-order valence-electron chi connectivity index (χ0n) is 15.2. The summed E-state index contributed by atoms with van der Waals surface area (Å²) < 4.78 is 2.33. The van der Waals surface area contributed by atoms with E-state index in [1.807, 2.05) is 4.90 Å². The van der Waals surface area contributed by atoms with E-state index in [4.69, 9.17) is 5.73 Å². The number of halogens is 1. The van der Waals surface area contributed by atoms with Crippen LogP contribution >= 0.6 is 12.4 Å². The molecule has 146 valence electrons. The van der Waals surface area contributed by atoms with Gasteiger partial charge in [-0.15, -0.1) is 22.6 Å². The van der Waals surface area contributed by atoms with Gasteiger partial charge in [-0.25, -0.2) is 0 Å². The number of nitrogens with zero attached hydrogens (tertiary/aromatic N) is 4. The molecule has 4 rings (SSSR count). The number of aromatic nitrogens is 3. The van der Waals surface area contributed by atoms with Crippen LogP contribution < -0.4 is 5.73 Å².